The fourth-order valence-electron chi connectivity index (χ4n) is 3.27. The molecule has 6 heteroatoms. The summed E-state index contributed by atoms with van der Waals surface area (Å²) >= 11 is 0. The number of piperidine rings is 1. The molecule has 1 aliphatic rings. The number of hydrogen-bond acceptors (Lipinski definition) is 6. The zero-order valence-corrected chi connectivity index (χ0v) is 17.1. The second-order valence-electron chi connectivity index (χ2n) is 7.72. The van der Waals surface area contributed by atoms with Crippen LogP contribution < -0.4 is 4.74 Å². The number of aliphatic hydroxyl groups excluding tert-OH is 1. The molecule has 1 aromatic carbocycles. The molecule has 1 aromatic rings. The number of ether oxygens (including phenoxy) is 2. The molecule has 0 saturated carbocycles. The van der Waals surface area contributed by atoms with Crippen LogP contribution in [0, 0.1) is 5.92 Å². The molecule has 2 rings (SSSR count). The molecule has 0 spiro atoms. The molecule has 0 bridgehead atoms. The first kappa shape index (κ1) is 21.7. The second-order valence-corrected chi connectivity index (χ2v) is 7.72. The Morgan fingerprint density at radius 1 is 1.33 bits per heavy atom. The maximum atomic E-state index is 11.6. The van der Waals surface area contributed by atoms with Crippen LogP contribution >= 0.6 is 0 Å². The van der Waals surface area contributed by atoms with Gasteiger partial charge in [-0.1, -0.05) is 12.1 Å². The van der Waals surface area contributed by atoms with Crippen molar-refractivity contribution in [1.82, 2.24) is 9.80 Å². The summed E-state index contributed by atoms with van der Waals surface area (Å²) in [6.45, 7) is 7.63. The highest BCUT2D eigenvalue weighted by Gasteiger charge is 2.26. The zero-order chi connectivity index (χ0) is 19.8. The van der Waals surface area contributed by atoms with E-state index >= 15 is 0 Å². The average Bonchev–Trinajstić information content (AvgIpc) is 2.66. The Labute approximate surface area is 163 Å². The van der Waals surface area contributed by atoms with Gasteiger partial charge in [0.2, 0.25) is 0 Å². The third-order valence-corrected chi connectivity index (χ3v) is 5.25. The number of β-amino-alcohol motifs (C(OH)–C–C–N with tert-alkyl or cyclic N) is 1. The minimum absolute atomic E-state index is 0.00801. The molecule has 0 aromatic heterocycles. The summed E-state index contributed by atoms with van der Waals surface area (Å²) in [7, 11) is 3.54. The first-order valence-corrected chi connectivity index (χ1v) is 9.79. The number of carbonyl (C=O) groups is 1. The molecule has 1 atom stereocenters. The van der Waals surface area contributed by atoms with Crippen molar-refractivity contribution in [2.45, 2.75) is 45.4 Å². The Morgan fingerprint density at radius 2 is 2.04 bits per heavy atom. The number of esters is 1. The highest BCUT2D eigenvalue weighted by atomic mass is 16.5. The SMILES string of the molecule is COC(=O)C1CCN(C[C@H](O)COc2cccc(CN(C)C(C)C)c2)CC1. The molecule has 0 aliphatic carbocycles. The first-order chi connectivity index (χ1) is 12.9. The number of hydrogen-bond donors (Lipinski definition) is 1. The van der Waals surface area contributed by atoms with Crippen molar-refractivity contribution in [2.24, 2.45) is 5.92 Å². The van der Waals surface area contributed by atoms with Gasteiger partial charge in [0.05, 0.1) is 13.0 Å². The lowest BCUT2D eigenvalue weighted by Crippen LogP contribution is -2.42. The van der Waals surface area contributed by atoms with Crippen LogP contribution in [-0.4, -0.2) is 73.4 Å². The van der Waals surface area contributed by atoms with Crippen molar-refractivity contribution < 1.29 is 19.4 Å². The van der Waals surface area contributed by atoms with E-state index in [0.717, 1.165) is 38.2 Å². The summed E-state index contributed by atoms with van der Waals surface area (Å²) in [5.41, 5.74) is 1.20. The van der Waals surface area contributed by atoms with Crippen LogP contribution in [-0.2, 0) is 16.1 Å². The molecule has 27 heavy (non-hydrogen) atoms. The number of aliphatic hydroxyl groups is 1. The van der Waals surface area contributed by atoms with Gasteiger partial charge in [-0.05, 0) is 64.5 Å². The molecule has 1 saturated heterocycles. The van der Waals surface area contributed by atoms with Crippen molar-refractivity contribution in [1.29, 1.82) is 0 Å². The quantitative estimate of drug-likeness (QED) is 0.665. The van der Waals surface area contributed by atoms with Gasteiger partial charge in [-0.25, -0.2) is 0 Å². The monoisotopic (exact) mass is 378 g/mol. The largest absolute Gasteiger partial charge is 0.491 e. The highest BCUT2D eigenvalue weighted by molar-refractivity contribution is 5.72. The van der Waals surface area contributed by atoms with Gasteiger partial charge in [-0.2, -0.15) is 0 Å². The molecule has 1 aliphatic heterocycles. The normalized spacial score (nSPS) is 17.3. The molecule has 0 radical (unpaired) electrons. The van der Waals surface area contributed by atoms with Gasteiger partial charge in [0.25, 0.3) is 0 Å². The summed E-state index contributed by atoms with van der Waals surface area (Å²) in [5.74, 6) is 0.654. The predicted molar refractivity (Wildman–Crippen MR) is 106 cm³/mol. The van der Waals surface area contributed by atoms with Gasteiger partial charge in [0, 0.05) is 19.1 Å². The Hall–Kier alpha value is -1.63. The van der Waals surface area contributed by atoms with Crippen molar-refractivity contribution in [2.75, 3.05) is 40.4 Å². The molecule has 6 nitrogen and oxygen atoms in total. The number of likely N-dealkylation sites (tertiary alicyclic amines) is 1. The molecule has 1 heterocycles. The number of nitrogens with zero attached hydrogens (tertiary/aromatic N) is 2. The lowest BCUT2D eigenvalue weighted by Gasteiger charge is -2.31. The van der Waals surface area contributed by atoms with Crippen LogP contribution in [0.2, 0.25) is 0 Å². The molecule has 0 amide bonds. The van der Waals surface area contributed by atoms with Crippen molar-refractivity contribution in [3.05, 3.63) is 29.8 Å². The fourth-order valence-corrected chi connectivity index (χ4v) is 3.27. The summed E-state index contributed by atoms with van der Waals surface area (Å²) in [6.07, 6.45) is 1.01. The zero-order valence-electron chi connectivity index (χ0n) is 17.1. The maximum absolute atomic E-state index is 11.6. The van der Waals surface area contributed by atoms with E-state index < -0.39 is 6.10 Å². The molecule has 152 valence electrons. The summed E-state index contributed by atoms with van der Waals surface area (Å²) in [4.78, 5) is 16.0. The molecule has 1 N–H and O–H groups in total. The Kier molecular flexibility index (Phi) is 8.54. The third-order valence-electron chi connectivity index (χ3n) is 5.25. The van der Waals surface area contributed by atoms with Crippen LogP contribution in [0.25, 0.3) is 0 Å². The van der Waals surface area contributed by atoms with Crippen LogP contribution in [0.5, 0.6) is 5.75 Å². The van der Waals surface area contributed by atoms with Gasteiger partial charge in [0.1, 0.15) is 18.5 Å². The predicted octanol–water partition coefficient (Wildman–Crippen LogP) is 2.15. The Morgan fingerprint density at radius 3 is 2.67 bits per heavy atom. The smallest absolute Gasteiger partial charge is 0.308 e. The third kappa shape index (κ3) is 7.13. The number of benzene rings is 1. The standard InChI is InChI=1S/C21H34N2O4/c1-16(2)22(3)13-17-6-5-7-20(12-17)27-15-19(24)14-23-10-8-18(9-11-23)21(25)26-4/h5-7,12,16,18-19,24H,8-11,13-15H2,1-4H3/t19-/m0/s1. The van der Waals surface area contributed by atoms with Crippen LogP contribution in [0.15, 0.2) is 24.3 Å². The Bertz CT molecular complexity index is 585. The topological polar surface area (TPSA) is 62.2 Å². The van der Waals surface area contributed by atoms with Crippen LogP contribution in [0.4, 0.5) is 0 Å². The summed E-state index contributed by atoms with van der Waals surface area (Å²) < 4.78 is 10.6. The van der Waals surface area contributed by atoms with E-state index in [1.54, 1.807) is 0 Å². The van der Waals surface area contributed by atoms with Gasteiger partial charge in [-0.15, -0.1) is 0 Å². The lowest BCUT2D eigenvalue weighted by atomic mass is 9.97. The average molecular weight is 379 g/mol. The number of methoxy groups -OCH3 is 1. The summed E-state index contributed by atoms with van der Waals surface area (Å²) in [6, 6.07) is 8.52. The van der Waals surface area contributed by atoms with Crippen molar-refractivity contribution >= 4 is 5.97 Å². The van der Waals surface area contributed by atoms with Crippen LogP contribution in [0.3, 0.4) is 0 Å². The molecule has 1 fully saturated rings. The highest BCUT2D eigenvalue weighted by Crippen LogP contribution is 2.19. The summed E-state index contributed by atoms with van der Waals surface area (Å²) in [5, 5.41) is 10.3. The van der Waals surface area contributed by atoms with E-state index in [1.165, 1.54) is 12.7 Å². The number of rotatable bonds is 9. The lowest BCUT2D eigenvalue weighted by molar-refractivity contribution is -0.147. The minimum atomic E-state index is -0.554. The maximum Gasteiger partial charge on any atom is 0.308 e. The van der Waals surface area contributed by atoms with Gasteiger partial charge >= 0.3 is 5.97 Å². The van der Waals surface area contributed by atoms with E-state index in [1.807, 2.05) is 18.2 Å². The molecule has 0 unspecified atom stereocenters. The van der Waals surface area contributed by atoms with E-state index in [0.29, 0.717) is 12.6 Å². The number of carbonyl (C=O) groups excluding carboxylic acids is 1. The molecular formula is C21H34N2O4. The van der Waals surface area contributed by atoms with E-state index in [-0.39, 0.29) is 18.5 Å². The minimum Gasteiger partial charge on any atom is -0.491 e. The van der Waals surface area contributed by atoms with E-state index in [9.17, 15) is 9.90 Å². The van der Waals surface area contributed by atoms with Crippen LogP contribution in [0.1, 0.15) is 32.3 Å². The second kappa shape index (κ2) is 10.6. The van der Waals surface area contributed by atoms with Gasteiger partial charge < -0.3 is 19.5 Å². The van der Waals surface area contributed by atoms with E-state index in [4.69, 9.17) is 9.47 Å². The van der Waals surface area contributed by atoms with Crippen molar-refractivity contribution in [3.63, 3.8) is 0 Å². The Balaban J connectivity index is 1.74. The van der Waals surface area contributed by atoms with Gasteiger partial charge in [-0.3, -0.25) is 9.69 Å². The molecular weight excluding hydrogens is 344 g/mol. The van der Waals surface area contributed by atoms with Crippen molar-refractivity contribution in [3.8, 4) is 5.75 Å². The van der Waals surface area contributed by atoms with Gasteiger partial charge in [0.15, 0.2) is 0 Å². The van der Waals surface area contributed by atoms with E-state index in [2.05, 4.69) is 36.8 Å². The first-order valence-electron chi connectivity index (χ1n) is 9.79. The fraction of sp³-hybridized carbons (Fsp3) is 0.667.